The molecule has 0 amide bonds. The van der Waals surface area contributed by atoms with Crippen LogP contribution in [0.1, 0.15) is 59.3 Å². The lowest BCUT2D eigenvalue weighted by Gasteiger charge is -2.25. The molecular weight excluding hydrogens is 216 g/mol. The van der Waals surface area contributed by atoms with E-state index >= 15 is 0 Å². The zero-order valence-electron chi connectivity index (χ0n) is 11.8. The van der Waals surface area contributed by atoms with Crippen molar-refractivity contribution >= 4 is 5.97 Å². The third kappa shape index (κ3) is 10.3. The number of methoxy groups -OCH3 is 1. The number of rotatable bonds is 8. The summed E-state index contributed by atoms with van der Waals surface area (Å²) >= 11 is 0. The van der Waals surface area contributed by atoms with E-state index in [4.69, 9.17) is 5.11 Å². The van der Waals surface area contributed by atoms with Crippen molar-refractivity contribution in [3.63, 3.8) is 0 Å². The Labute approximate surface area is 106 Å². The van der Waals surface area contributed by atoms with Crippen LogP contribution in [0.25, 0.3) is 0 Å². The van der Waals surface area contributed by atoms with Crippen molar-refractivity contribution in [2.24, 2.45) is 11.3 Å². The zero-order chi connectivity index (χ0) is 13.3. The van der Waals surface area contributed by atoms with Gasteiger partial charge in [0.25, 0.3) is 0 Å². The lowest BCUT2D eigenvalue weighted by atomic mass is 9.81. The van der Waals surface area contributed by atoms with Gasteiger partial charge in [-0.25, -0.2) is 0 Å². The molecule has 0 aliphatic heterocycles. The normalized spacial score (nSPS) is 13.5. The van der Waals surface area contributed by atoms with Crippen LogP contribution in [0.4, 0.5) is 0 Å². The van der Waals surface area contributed by atoms with Gasteiger partial charge in [0, 0.05) is 13.0 Å². The summed E-state index contributed by atoms with van der Waals surface area (Å²) in [5, 5.41) is 9.04. The molecular formula is C14H28O3. The lowest BCUT2D eigenvalue weighted by Crippen LogP contribution is -2.14. The van der Waals surface area contributed by atoms with Crippen molar-refractivity contribution in [2.75, 3.05) is 13.7 Å². The molecule has 3 heteroatoms. The highest BCUT2D eigenvalue weighted by molar-refractivity contribution is 5.68. The number of aliphatic hydroxyl groups is 1. The summed E-state index contributed by atoms with van der Waals surface area (Å²) < 4.78 is 4.61. The van der Waals surface area contributed by atoms with E-state index in [0.29, 0.717) is 17.8 Å². The summed E-state index contributed by atoms with van der Waals surface area (Å²) in [6.45, 7) is 6.95. The molecule has 0 heterocycles. The Kier molecular flexibility index (Phi) is 8.23. The fraction of sp³-hybridized carbons (Fsp3) is 0.929. The van der Waals surface area contributed by atoms with Crippen molar-refractivity contribution < 1.29 is 14.6 Å². The molecule has 0 rings (SSSR count). The van der Waals surface area contributed by atoms with E-state index in [2.05, 4.69) is 25.5 Å². The molecule has 0 aromatic carbocycles. The first kappa shape index (κ1) is 16.4. The molecule has 0 aliphatic carbocycles. The van der Waals surface area contributed by atoms with Crippen molar-refractivity contribution in [1.82, 2.24) is 0 Å². The van der Waals surface area contributed by atoms with Gasteiger partial charge in [0.15, 0.2) is 0 Å². The van der Waals surface area contributed by atoms with Gasteiger partial charge in [-0.1, -0.05) is 33.6 Å². The molecule has 1 N–H and O–H groups in total. The topological polar surface area (TPSA) is 46.5 Å². The lowest BCUT2D eigenvalue weighted by molar-refractivity contribution is -0.140. The van der Waals surface area contributed by atoms with Crippen molar-refractivity contribution in [3.8, 4) is 0 Å². The first-order valence-electron chi connectivity index (χ1n) is 6.56. The zero-order valence-corrected chi connectivity index (χ0v) is 11.8. The Hall–Kier alpha value is -0.570. The molecule has 0 fully saturated rings. The first-order valence-corrected chi connectivity index (χ1v) is 6.56. The van der Waals surface area contributed by atoms with Crippen LogP contribution < -0.4 is 0 Å². The number of aliphatic hydroxyl groups excluding tert-OH is 1. The van der Waals surface area contributed by atoms with Crippen molar-refractivity contribution in [3.05, 3.63) is 0 Å². The maximum atomic E-state index is 10.9. The fourth-order valence-corrected chi connectivity index (χ4v) is 2.20. The molecule has 0 aromatic heterocycles. The van der Waals surface area contributed by atoms with Gasteiger partial charge in [0.2, 0.25) is 0 Å². The summed E-state index contributed by atoms with van der Waals surface area (Å²) in [5.41, 5.74) is 0.308. The number of carbonyl (C=O) groups excluding carboxylic acids is 1. The molecule has 0 saturated heterocycles. The minimum absolute atomic E-state index is 0.125. The van der Waals surface area contributed by atoms with Crippen molar-refractivity contribution in [2.45, 2.75) is 59.3 Å². The maximum absolute atomic E-state index is 10.9. The fourth-order valence-electron chi connectivity index (χ4n) is 2.20. The Morgan fingerprint density at radius 3 is 2.35 bits per heavy atom. The highest BCUT2D eigenvalue weighted by Crippen LogP contribution is 2.29. The van der Waals surface area contributed by atoms with Crippen LogP contribution in [-0.2, 0) is 9.53 Å². The number of carbonyl (C=O) groups is 1. The number of unbranched alkanes of at least 4 members (excludes halogenated alkanes) is 1. The van der Waals surface area contributed by atoms with E-state index < -0.39 is 0 Å². The first-order chi connectivity index (χ1) is 7.89. The van der Waals surface area contributed by atoms with Crippen LogP contribution in [0.2, 0.25) is 0 Å². The molecule has 0 unspecified atom stereocenters. The standard InChI is InChI=1S/C14H28O3/c1-14(2,3)11-12(9-10-15)7-5-6-8-13(16)17-4/h12,15H,5-11H2,1-4H3/t12-/m1/s1. The Bertz CT molecular complexity index is 206. The molecule has 102 valence electrons. The summed E-state index contributed by atoms with van der Waals surface area (Å²) in [6.07, 6.45) is 5.53. The molecule has 0 aliphatic rings. The van der Waals surface area contributed by atoms with Gasteiger partial charge >= 0.3 is 5.97 Å². The SMILES string of the molecule is COC(=O)CCCC[C@H](CCO)CC(C)(C)C. The number of hydrogen-bond donors (Lipinski definition) is 1. The largest absolute Gasteiger partial charge is 0.469 e. The van der Waals surface area contributed by atoms with Crippen LogP contribution in [0.5, 0.6) is 0 Å². The van der Waals surface area contributed by atoms with Gasteiger partial charge < -0.3 is 9.84 Å². The third-order valence-corrected chi connectivity index (χ3v) is 2.91. The summed E-state index contributed by atoms with van der Waals surface area (Å²) in [6, 6.07) is 0. The van der Waals surface area contributed by atoms with Crippen LogP contribution >= 0.6 is 0 Å². The average molecular weight is 244 g/mol. The van der Waals surface area contributed by atoms with Crippen LogP contribution in [-0.4, -0.2) is 24.8 Å². The highest BCUT2D eigenvalue weighted by atomic mass is 16.5. The summed E-state index contributed by atoms with van der Waals surface area (Å²) in [7, 11) is 1.43. The van der Waals surface area contributed by atoms with Crippen LogP contribution in [0, 0.1) is 11.3 Å². The molecule has 17 heavy (non-hydrogen) atoms. The molecule has 0 aromatic rings. The number of ether oxygens (including phenoxy) is 1. The predicted molar refractivity (Wildman–Crippen MR) is 69.7 cm³/mol. The van der Waals surface area contributed by atoms with Crippen LogP contribution in [0.15, 0.2) is 0 Å². The Morgan fingerprint density at radius 2 is 1.88 bits per heavy atom. The summed E-state index contributed by atoms with van der Waals surface area (Å²) in [5.74, 6) is 0.442. The third-order valence-electron chi connectivity index (χ3n) is 2.91. The smallest absolute Gasteiger partial charge is 0.305 e. The molecule has 0 spiro atoms. The van der Waals surface area contributed by atoms with Gasteiger partial charge in [-0.3, -0.25) is 4.79 Å². The second-order valence-electron chi connectivity index (χ2n) is 5.97. The highest BCUT2D eigenvalue weighted by Gasteiger charge is 2.18. The minimum Gasteiger partial charge on any atom is -0.469 e. The van der Waals surface area contributed by atoms with E-state index in [1.54, 1.807) is 0 Å². The number of hydrogen-bond acceptors (Lipinski definition) is 3. The van der Waals surface area contributed by atoms with E-state index in [1.165, 1.54) is 7.11 Å². The average Bonchev–Trinajstić information content (AvgIpc) is 2.22. The Balaban J connectivity index is 3.81. The molecule has 1 atom stereocenters. The van der Waals surface area contributed by atoms with E-state index in [0.717, 1.165) is 32.1 Å². The van der Waals surface area contributed by atoms with E-state index in [1.807, 2.05) is 0 Å². The molecule has 3 nitrogen and oxygen atoms in total. The van der Waals surface area contributed by atoms with Gasteiger partial charge in [0.1, 0.15) is 0 Å². The van der Waals surface area contributed by atoms with Gasteiger partial charge in [-0.15, -0.1) is 0 Å². The Morgan fingerprint density at radius 1 is 1.24 bits per heavy atom. The summed E-state index contributed by atoms with van der Waals surface area (Å²) in [4.78, 5) is 10.9. The van der Waals surface area contributed by atoms with Gasteiger partial charge in [-0.2, -0.15) is 0 Å². The second kappa shape index (κ2) is 8.51. The van der Waals surface area contributed by atoms with Gasteiger partial charge in [-0.05, 0) is 30.6 Å². The quantitative estimate of drug-likeness (QED) is 0.527. The minimum atomic E-state index is -0.125. The molecule has 0 saturated carbocycles. The van der Waals surface area contributed by atoms with E-state index in [9.17, 15) is 4.79 Å². The second-order valence-corrected chi connectivity index (χ2v) is 5.97. The maximum Gasteiger partial charge on any atom is 0.305 e. The van der Waals surface area contributed by atoms with E-state index in [-0.39, 0.29) is 12.6 Å². The van der Waals surface area contributed by atoms with Crippen LogP contribution in [0.3, 0.4) is 0 Å². The number of esters is 1. The van der Waals surface area contributed by atoms with Crippen molar-refractivity contribution in [1.29, 1.82) is 0 Å². The molecule has 0 bridgehead atoms. The predicted octanol–water partition coefficient (Wildman–Crippen LogP) is 3.15. The molecule has 0 radical (unpaired) electrons. The monoisotopic (exact) mass is 244 g/mol. The van der Waals surface area contributed by atoms with Gasteiger partial charge in [0.05, 0.1) is 7.11 Å².